The highest BCUT2D eigenvalue weighted by molar-refractivity contribution is 7.89. The van der Waals surface area contributed by atoms with Crippen LogP contribution in [-0.4, -0.2) is 35.4 Å². The lowest BCUT2D eigenvalue weighted by Gasteiger charge is -2.29. The van der Waals surface area contributed by atoms with Gasteiger partial charge in [0.2, 0.25) is 10.0 Å². The zero-order valence-corrected chi connectivity index (χ0v) is 24.6. The summed E-state index contributed by atoms with van der Waals surface area (Å²) in [6, 6.07) is 23.8. The zero-order chi connectivity index (χ0) is 27.0. The van der Waals surface area contributed by atoms with Crippen molar-refractivity contribution >= 4 is 50.1 Å². The number of anilines is 1. The minimum atomic E-state index is -3.82. The molecule has 6 N–H and O–H groups in total. The highest BCUT2D eigenvalue weighted by atomic mass is 35.5. The van der Waals surface area contributed by atoms with Gasteiger partial charge in [0.1, 0.15) is 11.3 Å². The lowest BCUT2D eigenvalue weighted by atomic mass is 9.79. The van der Waals surface area contributed by atoms with Crippen LogP contribution in [-0.2, 0) is 16.4 Å². The molecule has 1 aliphatic carbocycles. The van der Waals surface area contributed by atoms with E-state index in [9.17, 15) is 8.42 Å². The van der Waals surface area contributed by atoms with E-state index in [0.29, 0.717) is 17.2 Å². The van der Waals surface area contributed by atoms with Crippen molar-refractivity contribution < 1.29 is 13.9 Å². The van der Waals surface area contributed by atoms with Crippen LogP contribution < -0.4 is 10.5 Å². The number of aromatic amines is 1. The van der Waals surface area contributed by atoms with Crippen molar-refractivity contribution in [3.8, 4) is 11.3 Å². The van der Waals surface area contributed by atoms with E-state index in [-0.39, 0.29) is 22.8 Å². The largest absolute Gasteiger partial charge is 0.412 e. The Bertz CT molecular complexity index is 1750. The predicted molar refractivity (Wildman–Crippen MR) is 168 cm³/mol. The van der Waals surface area contributed by atoms with Crippen molar-refractivity contribution in [2.45, 2.75) is 43.9 Å². The van der Waals surface area contributed by atoms with E-state index in [0.717, 1.165) is 83.5 Å². The molecule has 0 radical (unpaired) electrons. The number of sulfonamides is 1. The quantitative estimate of drug-likeness (QED) is 0.218. The molecule has 1 saturated carbocycles. The van der Waals surface area contributed by atoms with E-state index in [1.807, 2.05) is 61.5 Å². The monoisotopic (exact) mass is 593 g/mol. The van der Waals surface area contributed by atoms with E-state index in [2.05, 4.69) is 33.5 Å². The number of benzene rings is 3. The summed E-state index contributed by atoms with van der Waals surface area (Å²) in [5.41, 5.74) is 4.82. The molecule has 1 fully saturated rings. The van der Waals surface area contributed by atoms with E-state index < -0.39 is 10.0 Å². The second-order valence-corrected chi connectivity index (χ2v) is 12.2. The summed E-state index contributed by atoms with van der Waals surface area (Å²) in [6.07, 6.45) is 5.02. The Morgan fingerprint density at radius 1 is 0.927 bits per heavy atom. The van der Waals surface area contributed by atoms with E-state index in [4.69, 9.17) is 10.1 Å². The summed E-state index contributed by atoms with van der Waals surface area (Å²) in [5.74, 6) is 2.56. The van der Waals surface area contributed by atoms with Crippen LogP contribution in [0.25, 0.3) is 33.1 Å². The fraction of sp³-hybridized carbons (Fsp3) is 0.290. The van der Waals surface area contributed by atoms with Crippen LogP contribution in [0.15, 0.2) is 77.7 Å². The molecule has 0 bridgehead atoms. The van der Waals surface area contributed by atoms with E-state index >= 15 is 0 Å². The third-order valence-corrected chi connectivity index (χ3v) is 9.00. The third kappa shape index (κ3) is 6.54. The van der Waals surface area contributed by atoms with Gasteiger partial charge in [0.15, 0.2) is 5.82 Å². The zero-order valence-electron chi connectivity index (χ0n) is 22.9. The Morgan fingerprint density at radius 2 is 1.61 bits per heavy atom. The van der Waals surface area contributed by atoms with Gasteiger partial charge < -0.3 is 15.8 Å². The Labute approximate surface area is 246 Å². The van der Waals surface area contributed by atoms with E-state index in [1.165, 1.54) is 0 Å². The SMILES string of the molecule is Cc1nc(NCC2CCC(Cc3ccc4ccccc4c3S(N)(=O)=O)CC2)c2[nH]c(-c3ccccc3)cc2n1.Cl.O. The van der Waals surface area contributed by atoms with Gasteiger partial charge in [0.05, 0.1) is 10.4 Å². The van der Waals surface area contributed by atoms with Crippen LogP contribution in [0.2, 0.25) is 0 Å². The second-order valence-electron chi connectivity index (χ2n) is 10.7. The predicted octanol–water partition coefficient (Wildman–Crippen LogP) is 5.79. The average molecular weight is 594 g/mol. The number of primary sulfonamides is 1. The molecule has 0 atom stereocenters. The Balaban J connectivity index is 0.00000194. The smallest absolute Gasteiger partial charge is 0.238 e. The highest BCUT2D eigenvalue weighted by Crippen LogP contribution is 2.35. The van der Waals surface area contributed by atoms with Gasteiger partial charge >= 0.3 is 0 Å². The lowest BCUT2D eigenvalue weighted by Crippen LogP contribution is -2.23. The molecular weight excluding hydrogens is 558 g/mol. The summed E-state index contributed by atoms with van der Waals surface area (Å²) in [7, 11) is -3.82. The highest BCUT2D eigenvalue weighted by Gasteiger charge is 2.25. The number of aryl methyl sites for hydroxylation is 1. The summed E-state index contributed by atoms with van der Waals surface area (Å²) in [4.78, 5) is 13.1. The second kappa shape index (κ2) is 12.6. The number of halogens is 1. The molecule has 10 heteroatoms. The summed E-state index contributed by atoms with van der Waals surface area (Å²) in [6.45, 7) is 2.77. The molecule has 0 saturated heterocycles. The fourth-order valence-electron chi connectivity index (χ4n) is 6.01. The van der Waals surface area contributed by atoms with Gasteiger partial charge in [0, 0.05) is 17.6 Å². The topological polar surface area (TPSA) is 145 Å². The average Bonchev–Trinajstić information content (AvgIpc) is 3.36. The van der Waals surface area contributed by atoms with E-state index in [1.54, 1.807) is 0 Å². The Morgan fingerprint density at radius 3 is 2.34 bits per heavy atom. The van der Waals surface area contributed by atoms with Crippen molar-refractivity contribution in [3.63, 3.8) is 0 Å². The van der Waals surface area contributed by atoms with Crippen molar-refractivity contribution in [2.24, 2.45) is 17.0 Å². The molecule has 2 heterocycles. The van der Waals surface area contributed by atoms with Crippen molar-refractivity contribution in [3.05, 3.63) is 84.2 Å². The molecule has 6 rings (SSSR count). The molecular formula is C31H36ClN5O3S. The summed E-state index contributed by atoms with van der Waals surface area (Å²) >= 11 is 0. The molecule has 2 aromatic heterocycles. The maximum Gasteiger partial charge on any atom is 0.238 e. The van der Waals surface area contributed by atoms with Crippen LogP contribution in [0.5, 0.6) is 0 Å². The molecule has 0 spiro atoms. The minimum absolute atomic E-state index is 0. The maximum atomic E-state index is 12.5. The number of nitrogens with zero attached hydrogens (tertiary/aromatic N) is 2. The molecule has 0 unspecified atom stereocenters. The first-order valence-electron chi connectivity index (χ1n) is 13.6. The number of aromatic nitrogens is 3. The summed E-state index contributed by atoms with van der Waals surface area (Å²) < 4.78 is 25.1. The Hall–Kier alpha value is -3.50. The van der Waals surface area contributed by atoms with Gasteiger partial charge in [-0.25, -0.2) is 23.5 Å². The van der Waals surface area contributed by atoms with Gasteiger partial charge in [-0.3, -0.25) is 0 Å². The molecule has 5 aromatic rings. The van der Waals surface area contributed by atoms with Crippen molar-refractivity contribution in [2.75, 3.05) is 11.9 Å². The lowest BCUT2D eigenvalue weighted by molar-refractivity contribution is 0.282. The molecule has 3 aromatic carbocycles. The number of H-pyrrole nitrogens is 1. The molecule has 0 amide bonds. The number of nitrogens with two attached hydrogens (primary N) is 1. The molecule has 0 aliphatic heterocycles. The van der Waals surface area contributed by atoms with Crippen LogP contribution in [0.1, 0.15) is 37.1 Å². The number of fused-ring (bicyclic) bond motifs is 2. The van der Waals surface area contributed by atoms with Crippen LogP contribution in [0.3, 0.4) is 0 Å². The van der Waals surface area contributed by atoms with Crippen LogP contribution >= 0.6 is 12.4 Å². The number of rotatable bonds is 7. The summed E-state index contributed by atoms with van der Waals surface area (Å²) in [5, 5.41) is 10.9. The standard InChI is InChI=1S/C31H33N5O2S.ClH.H2O/c1-20-34-28-18-27(24-8-3-2-4-9-24)36-29(28)31(35-20)33-19-22-13-11-21(12-14-22)17-25-16-15-23-7-5-6-10-26(23)30(25)39(32,37)38;;/h2-10,15-16,18,21-22,36H,11-14,17,19H2,1H3,(H2,32,37,38)(H,33,34,35);1H;1H2. The van der Waals surface area contributed by atoms with Crippen LogP contribution in [0, 0.1) is 18.8 Å². The van der Waals surface area contributed by atoms with Gasteiger partial charge in [-0.15, -0.1) is 12.4 Å². The maximum absolute atomic E-state index is 12.5. The number of hydrogen-bond acceptors (Lipinski definition) is 5. The minimum Gasteiger partial charge on any atom is -0.412 e. The fourth-order valence-corrected chi connectivity index (χ4v) is 7.02. The Kier molecular flexibility index (Phi) is 9.34. The van der Waals surface area contributed by atoms with Crippen molar-refractivity contribution in [1.82, 2.24) is 15.0 Å². The first kappa shape index (κ1) is 30.5. The van der Waals surface area contributed by atoms with Gasteiger partial charge in [0.25, 0.3) is 0 Å². The first-order valence-corrected chi connectivity index (χ1v) is 15.1. The van der Waals surface area contributed by atoms with Gasteiger partial charge in [-0.2, -0.15) is 0 Å². The molecule has 216 valence electrons. The first-order chi connectivity index (χ1) is 18.8. The van der Waals surface area contributed by atoms with Crippen LogP contribution in [0.4, 0.5) is 5.82 Å². The molecule has 41 heavy (non-hydrogen) atoms. The normalized spacial score (nSPS) is 17.1. The van der Waals surface area contributed by atoms with Gasteiger partial charge in [-0.1, -0.05) is 66.7 Å². The van der Waals surface area contributed by atoms with Crippen molar-refractivity contribution in [1.29, 1.82) is 0 Å². The molecule has 1 aliphatic rings. The number of hydrogen-bond donors (Lipinski definition) is 3. The third-order valence-electron chi connectivity index (χ3n) is 7.95. The number of nitrogens with one attached hydrogen (secondary N) is 2. The molecule has 8 nitrogen and oxygen atoms in total. The van der Waals surface area contributed by atoms with Gasteiger partial charge in [-0.05, 0) is 73.4 Å².